The number of methoxy groups -OCH3 is 1. The summed E-state index contributed by atoms with van der Waals surface area (Å²) in [6.45, 7) is 11.1. The van der Waals surface area contributed by atoms with Gasteiger partial charge in [0.15, 0.2) is 5.78 Å². The molecule has 2 aromatic carbocycles. The van der Waals surface area contributed by atoms with Gasteiger partial charge in [-0.3, -0.25) is 4.79 Å². The summed E-state index contributed by atoms with van der Waals surface area (Å²) < 4.78 is 21.5. The van der Waals surface area contributed by atoms with Crippen molar-refractivity contribution in [2.24, 2.45) is 0 Å². The van der Waals surface area contributed by atoms with Crippen LogP contribution in [-0.2, 0) is 23.7 Å². The molecule has 1 aliphatic carbocycles. The van der Waals surface area contributed by atoms with Gasteiger partial charge in [0.1, 0.15) is 0 Å². The smallest absolute Gasteiger partial charge is 0.185 e. The van der Waals surface area contributed by atoms with Crippen LogP contribution in [0.15, 0.2) is 59.7 Å². The van der Waals surface area contributed by atoms with Crippen molar-refractivity contribution in [2.75, 3.05) is 89.8 Å². The quantitative estimate of drug-likeness (QED) is 0.180. The molecule has 2 aromatic rings. The number of likely N-dealkylation sites (N-methyl/N-ethyl adjacent to an activating group) is 1. The number of hydrogen-bond acceptors (Lipinski definition) is 7. The highest BCUT2D eigenvalue weighted by atomic mass is 16.6. The zero-order chi connectivity index (χ0) is 28.6. The van der Waals surface area contributed by atoms with E-state index in [4.69, 9.17) is 18.9 Å². The molecule has 1 fully saturated rings. The summed E-state index contributed by atoms with van der Waals surface area (Å²) in [6.07, 6.45) is 5.64. The summed E-state index contributed by atoms with van der Waals surface area (Å²) in [5.74, 6) is 0.161. The number of rotatable bonds is 18. The maximum absolute atomic E-state index is 13.1. The van der Waals surface area contributed by atoms with Gasteiger partial charge in [-0.25, -0.2) is 0 Å². The van der Waals surface area contributed by atoms with E-state index in [1.165, 1.54) is 5.69 Å². The molecule has 0 heterocycles. The Bertz CT molecular complexity index is 1080. The van der Waals surface area contributed by atoms with Crippen LogP contribution in [0.3, 0.4) is 0 Å². The number of ketones is 1. The van der Waals surface area contributed by atoms with Gasteiger partial charge in [0, 0.05) is 56.3 Å². The lowest BCUT2D eigenvalue weighted by Crippen LogP contribution is -2.23. The molecule has 218 valence electrons. The first kappa shape index (κ1) is 31.6. The van der Waals surface area contributed by atoms with Gasteiger partial charge in [0.2, 0.25) is 0 Å². The minimum Gasteiger partial charge on any atom is -0.382 e. The molecule has 0 aromatic heterocycles. The predicted molar refractivity (Wildman–Crippen MR) is 164 cm³/mol. The summed E-state index contributed by atoms with van der Waals surface area (Å²) >= 11 is 0. The second kappa shape index (κ2) is 17.7. The summed E-state index contributed by atoms with van der Waals surface area (Å²) in [7, 11) is 3.71. The fourth-order valence-corrected chi connectivity index (χ4v) is 4.59. The third-order valence-electron chi connectivity index (χ3n) is 7.03. The molecule has 0 atom stereocenters. The van der Waals surface area contributed by atoms with Crippen LogP contribution in [0.1, 0.15) is 37.8 Å². The Morgan fingerprint density at radius 2 is 1.12 bits per heavy atom. The Morgan fingerprint density at radius 1 is 0.675 bits per heavy atom. The highest BCUT2D eigenvalue weighted by Gasteiger charge is 2.23. The van der Waals surface area contributed by atoms with E-state index in [-0.39, 0.29) is 5.78 Å². The number of carbonyl (C=O) groups is 1. The number of anilines is 2. The lowest BCUT2D eigenvalue weighted by atomic mass is 10.1. The number of nitrogens with zero attached hydrogens (tertiary/aromatic N) is 2. The molecule has 7 nitrogen and oxygen atoms in total. The van der Waals surface area contributed by atoms with Crippen molar-refractivity contribution in [1.82, 2.24) is 0 Å². The molecule has 0 N–H and O–H groups in total. The number of Topliss-reactive ketones (excluding diaryl/α,β-unsaturated/α-hetero) is 1. The minimum absolute atomic E-state index is 0.161. The Morgan fingerprint density at radius 3 is 1.60 bits per heavy atom. The fourth-order valence-electron chi connectivity index (χ4n) is 4.59. The molecule has 0 amide bonds. The van der Waals surface area contributed by atoms with E-state index in [9.17, 15) is 4.79 Å². The first-order valence-corrected chi connectivity index (χ1v) is 14.4. The Kier molecular flexibility index (Phi) is 13.9. The van der Waals surface area contributed by atoms with Crippen molar-refractivity contribution in [1.29, 1.82) is 0 Å². The van der Waals surface area contributed by atoms with Crippen molar-refractivity contribution in [3.63, 3.8) is 0 Å². The highest BCUT2D eigenvalue weighted by molar-refractivity contribution is 6.15. The van der Waals surface area contributed by atoms with Crippen LogP contribution in [0, 0.1) is 0 Å². The van der Waals surface area contributed by atoms with Crippen LogP contribution in [-0.4, -0.2) is 85.8 Å². The molecule has 0 unspecified atom stereocenters. The summed E-state index contributed by atoms with van der Waals surface area (Å²) in [5, 5.41) is 0. The largest absolute Gasteiger partial charge is 0.382 e. The maximum atomic E-state index is 13.1. The average Bonchev–Trinajstić information content (AvgIpc) is 3.31. The van der Waals surface area contributed by atoms with Gasteiger partial charge in [-0.2, -0.15) is 0 Å². The maximum Gasteiger partial charge on any atom is 0.185 e. The Balaban J connectivity index is 1.41. The van der Waals surface area contributed by atoms with Crippen LogP contribution < -0.4 is 9.80 Å². The van der Waals surface area contributed by atoms with Gasteiger partial charge in [-0.1, -0.05) is 24.3 Å². The van der Waals surface area contributed by atoms with Crippen molar-refractivity contribution in [2.45, 2.75) is 26.7 Å². The van der Waals surface area contributed by atoms with Crippen molar-refractivity contribution in [3.8, 4) is 0 Å². The second-order valence-corrected chi connectivity index (χ2v) is 9.78. The molecule has 1 aliphatic rings. The van der Waals surface area contributed by atoms with E-state index in [0.29, 0.717) is 46.2 Å². The van der Waals surface area contributed by atoms with Gasteiger partial charge in [0.05, 0.1) is 46.2 Å². The molecular formula is C33H46N2O5. The molecule has 7 heteroatoms. The van der Waals surface area contributed by atoms with Gasteiger partial charge in [-0.15, -0.1) is 0 Å². The zero-order valence-corrected chi connectivity index (χ0v) is 24.7. The fraction of sp³-hybridized carbons (Fsp3) is 0.485. The lowest BCUT2D eigenvalue weighted by Gasteiger charge is -2.20. The predicted octanol–water partition coefficient (Wildman–Crippen LogP) is 5.50. The third-order valence-corrected chi connectivity index (χ3v) is 7.03. The second-order valence-electron chi connectivity index (χ2n) is 9.78. The molecule has 0 saturated heterocycles. The Labute approximate surface area is 240 Å². The van der Waals surface area contributed by atoms with Crippen LogP contribution in [0.2, 0.25) is 0 Å². The first-order valence-electron chi connectivity index (χ1n) is 14.4. The van der Waals surface area contributed by atoms with Crippen molar-refractivity contribution >= 4 is 29.3 Å². The number of benzene rings is 2. The van der Waals surface area contributed by atoms with E-state index >= 15 is 0 Å². The van der Waals surface area contributed by atoms with Gasteiger partial charge in [-0.05, 0) is 74.2 Å². The van der Waals surface area contributed by atoms with Gasteiger partial charge in [0.25, 0.3) is 0 Å². The van der Waals surface area contributed by atoms with Crippen molar-refractivity contribution < 1.29 is 23.7 Å². The number of allylic oxidation sites excluding steroid dienone is 2. The number of carbonyl (C=O) groups excluding carboxylic acids is 1. The minimum atomic E-state index is 0.161. The van der Waals surface area contributed by atoms with E-state index in [0.717, 1.165) is 60.4 Å². The molecule has 0 spiro atoms. The lowest BCUT2D eigenvalue weighted by molar-refractivity contribution is -0.111. The molecule has 0 aliphatic heterocycles. The highest BCUT2D eigenvalue weighted by Crippen LogP contribution is 2.30. The van der Waals surface area contributed by atoms with E-state index in [1.54, 1.807) is 7.11 Å². The van der Waals surface area contributed by atoms with E-state index in [2.05, 4.69) is 79.2 Å². The van der Waals surface area contributed by atoms with Crippen LogP contribution in [0.25, 0.3) is 12.2 Å². The summed E-state index contributed by atoms with van der Waals surface area (Å²) in [5.41, 5.74) is 6.22. The van der Waals surface area contributed by atoms with Crippen molar-refractivity contribution in [3.05, 3.63) is 70.8 Å². The molecule has 40 heavy (non-hydrogen) atoms. The monoisotopic (exact) mass is 550 g/mol. The summed E-state index contributed by atoms with van der Waals surface area (Å²) in [4.78, 5) is 17.5. The standard InChI is InChI=1S/C33H46N2O5/c1-5-35(6-2)32-15-9-28(10-16-32)26-30-12-11-29(33(30)36)25-27-7-13-31(14-8-27)34(3)17-18-38-21-22-40-24-23-39-20-19-37-4/h7-10,13-16,25-26H,5-6,11-12,17-24H2,1-4H3/b29-25+,30-26+. The van der Waals surface area contributed by atoms with E-state index in [1.807, 2.05) is 12.2 Å². The molecule has 1 saturated carbocycles. The number of ether oxygens (including phenoxy) is 4. The topological polar surface area (TPSA) is 60.5 Å². The van der Waals surface area contributed by atoms with E-state index < -0.39 is 0 Å². The van der Waals surface area contributed by atoms with Gasteiger partial charge < -0.3 is 28.7 Å². The van der Waals surface area contributed by atoms with Crippen LogP contribution in [0.5, 0.6) is 0 Å². The zero-order valence-electron chi connectivity index (χ0n) is 24.7. The summed E-state index contributed by atoms with van der Waals surface area (Å²) in [6, 6.07) is 16.8. The molecule has 0 bridgehead atoms. The van der Waals surface area contributed by atoms with Crippen LogP contribution in [0.4, 0.5) is 11.4 Å². The third kappa shape index (κ3) is 10.2. The molecule has 3 rings (SSSR count). The Hall–Kier alpha value is -2.97. The molecular weight excluding hydrogens is 504 g/mol. The SMILES string of the molecule is CCN(CC)c1ccc(/C=C2\CC/C(=C\c3ccc(N(C)CCOCCOCCOCCOC)cc3)C2=O)cc1. The molecule has 0 radical (unpaired) electrons. The first-order chi connectivity index (χ1) is 19.5. The van der Waals surface area contributed by atoms with Gasteiger partial charge >= 0.3 is 0 Å². The number of hydrogen-bond donors (Lipinski definition) is 0. The normalized spacial score (nSPS) is 15.3. The average molecular weight is 551 g/mol. The van der Waals surface area contributed by atoms with Crippen LogP contribution >= 0.6 is 0 Å².